The quantitative estimate of drug-likeness (QED) is 0.373. The molecule has 150 valence electrons. The summed E-state index contributed by atoms with van der Waals surface area (Å²) in [6.07, 6.45) is 1.34. The summed E-state index contributed by atoms with van der Waals surface area (Å²) in [6.45, 7) is 0. The minimum Gasteiger partial charge on any atom is -0.340 e. The van der Waals surface area contributed by atoms with E-state index in [1.807, 2.05) is 6.07 Å². The molecular formula is C19H12ClN5O3S2. The fourth-order valence-corrected chi connectivity index (χ4v) is 5.21. The lowest BCUT2D eigenvalue weighted by molar-refractivity contribution is 0.593. The van der Waals surface area contributed by atoms with Crippen molar-refractivity contribution in [2.75, 3.05) is 5.32 Å². The predicted octanol–water partition coefficient (Wildman–Crippen LogP) is 4.09. The zero-order chi connectivity index (χ0) is 20.9. The molecular weight excluding hydrogens is 446 g/mol. The van der Waals surface area contributed by atoms with Crippen LogP contribution in [0.4, 0.5) is 11.5 Å². The number of fused-ring (bicyclic) bond motifs is 2. The second-order valence-electron chi connectivity index (χ2n) is 6.43. The third kappa shape index (κ3) is 3.24. The van der Waals surface area contributed by atoms with Gasteiger partial charge in [0.15, 0.2) is 0 Å². The van der Waals surface area contributed by atoms with Crippen LogP contribution in [0.3, 0.4) is 0 Å². The van der Waals surface area contributed by atoms with Gasteiger partial charge in [-0.05, 0) is 48.5 Å². The molecule has 0 aliphatic heterocycles. The van der Waals surface area contributed by atoms with Gasteiger partial charge in [0.05, 0.1) is 20.5 Å². The normalized spacial score (nSPS) is 11.9. The Morgan fingerprint density at radius 3 is 2.60 bits per heavy atom. The Labute approximate surface area is 178 Å². The summed E-state index contributed by atoms with van der Waals surface area (Å²) < 4.78 is 26.7. The van der Waals surface area contributed by atoms with Gasteiger partial charge in [-0.3, -0.25) is 4.79 Å². The number of thiazole rings is 1. The first-order valence-electron chi connectivity index (χ1n) is 8.64. The second-order valence-corrected chi connectivity index (χ2v) is 9.80. The Kier molecular flexibility index (Phi) is 4.35. The maximum absolute atomic E-state index is 13.0. The topological polar surface area (TPSA) is 121 Å². The summed E-state index contributed by atoms with van der Waals surface area (Å²) in [5.41, 5.74) is 1.84. The summed E-state index contributed by atoms with van der Waals surface area (Å²) in [6, 6.07) is 12.9. The predicted molar refractivity (Wildman–Crippen MR) is 117 cm³/mol. The van der Waals surface area contributed by atoms with Crippen LogP contribution in [-0.4, -0.2) is 28.4 Å². The SMILES string of the molecule is O=c1[nH]c2ccc(Nc3ncnc4[nH]c(S(=O)(=O)c5ccc(Cl)cc5)cc34)cc2s1. The van der Waals surface area contributed by atoms with E-state index in [0.29, 0.717) is 27.6 Å². The molecule has 5 aromatic rings. The van der Waals surface area contributed by atoms with Crippen molar-refractivity contribution in [1.29, 1.82) is 0 Å². The van der Waals surface area contributed by atoms with Gasteiger partial charge < -0.3 is 15.3 Å². The highest BCUT2D eigenvalue weighted by molar-refractivity contribution is 7.91. The van der Waals surface area contributed by atoms with E-state index in [2.05, 4.69) is 25.3 Å². The molecule has 0 fully saturated rings. The Morgan fingerprint density at radius 2 is 1.80 bits per heavy atom. The largest absolute Gasteiger partial charge is 0.340 e. The van der Waals surface area contributed by atoms with Gasteiger partial charge in [0.1, 0.15) is 22.8 Å². The highest BCUT2D eigenvalue weighted by Gasteiger charge is 2.21. The number of halogens is 1. The standard InChI is InChI=1S/C19H12ClN5O3S2/c20-10-1-4-12(5-2-10)30(27,28)16-8-13-17(21-9-22-18(13)25-16)23-11-3-6-14-15(7-11)29-19(26)24-14/h1-9H,(H,24,26)(H2,21,22,23,25). The highest BCUT2D eigenvalue weighted by Crippen LogP contribution is 2.29. The van der Waals surface area contributed by atoms with Crippen LogP contribution in [-0.2, 0) is 9.84 Å². The lowest BCUT2D eigenvalue weighted by atomic mass is 10.3. The van der Waals surface area contributed by atoms with Gasteiger partial charge in [-0.1, -0.05) is 22.9 Å². The molecule has 0 unspecified atom stereocenters. The number of aromatic nitrogens is 4. The van der Waals surface area contributed by atoms with E-state index in [4.69, 9.17) is 11.6 Å². The number of nitrogens with zero attached hydrogens (tertiary/aromatic N) is 2. The molecule has 5 rings (SSSR count). The van der Waals surface area contributed by atoms with Gasteiger partial charge in [-0.2, -0.15) is 0 Å². The molecule has 11 heteroatoms. The molecule has 0 saturated carbocycles. The van der Waals surface area contributed by atoms with Crippen molar-refractivity contribution in [3.63, 3.8) is 0 Å². The van der Waals surface area contributed by atoms with E-state index < -0.39 is 9.84 Å². The smallest absolute Gasteiger partial charge is 0.305 e. The maximum atomic E-state index is 13.0. The van der Waals surface area contributed by atoms with Crippen LogP contribution in [0, 0.1) is 0 Å². The number of rotatable bonds is 4. The molecule has 3 heterocycles. The number of benzene rings is 2. The molecule has 30 heavy (non-hydrogen) atoms. The van der Waals surface area contributed by atoms with Crippen molar-refractivity contribution in [2.24, 2.45) is 0 Å². The monoisotopic (exact) mass is 457 g/mol. The Bertz CT molecular complexity index is 1570. The first-order chi connectivity index (χ1) is 14.4. The van der Waals surface area contributed by atoms with E-state index >= 15 is 0 Å². The van der Waals surface area contributed by atoms with E-state index in [1.165, 1.54) is 36.7 Å². The average Bonchev–Trinajstić information content (AvgIpc) is 3.32. The van der Waals surface area contributed by atoms with Crippen LogP contribution >= 0.6 is 22.9 Å². The van der Waals surface area contributed by atoms with Gasteiger partial charge >= 0.3 is 4.87 Å². The third-order valence-electron chi connectivity index (χ3n) is 4.50. The van der Waals surface area contributed by atoms with Crippen LogP contribution in [0.2, 0.25) is 5.02 Å². The number of aromatic amines is 2. The Morgan fingerprint density at radius 1 is 1.00 bits per heavy atom. The summed E-state index contributed by atoms with van der Waals surface area (Å²) in [7, 11) is -3.78. The number of H-pyrrole nitrogens is 2. The third-order valence-corrected chi connectivity index (χ3v) is 7.29. The zero-order valence-corrected chi connectivity index (χ0v) is 17.4. The highest BCUT2D eigenvalue weighted by atomic mass is 35.5. The van der Waals surface area contributed by atoms with Crippen LogP contribution in [0.15, 0.2) is 69.6 Å². The van der Waals surface area contributed by atoms with Gasteiger partial charge in [-0.15, -0.1) is 0 Å². The lowest BCUT2D eigenvalue weighted by Crippen LogP contribution is -2.01. The molecule has 0 amide bonds. The molecule has 0 spiro atoms. The van der Waals surface area contributed by atoms with E-state index in [9.17, 15) is 13.2 Å². The van der Waals surface area contributed by atoms with Crippen molar-refractivity contribution in [3.05, 3.63) is 69.5 Å². The fraction of sp³-hybridized carbons (Fsp3) is 0. The fourth-order valence-electron chi connectivity index (χ4n) is 3.06. The van der Waals surface area contributed by atoms with Gasteiger partial charge in [0.2, 0.25) is 9.84 Å². The van der Waals surface area contributed by atoms with Crippen LogP contribution in [0.5, 0.6) is 0 Å². The maximum Gasteiger partial charge on any atom is 0.305 e. The second kappa shape index (κ2) is 6.94. The molecule has 0 aliphatic rings. The molecule has 0 bridgehead atoms. The molecule has 0 atom stereocenters. The first-order valence-corrected chi connectivity index (χ1v) is 11.3. The zero-order valence-electron chi connectivity index (χ0n) is 15.0. The van der Waals surface area contributed by atoms with Crippen molar-refractivity contribution in [1.82, 2.24) is 19.9 Å². The van der Waals surface area contributed by atoms with Crippen molar-refractivity contribution < 1.29 is 8.42 Å². The summed E-state index contributed by atoms with van der Waals surface area (Å²) in [4.78, 5) is 25.5. The number of hydrogen-bond acceptors (Lipinski definition) is 7. The van der Waals surface area contributed by atoms with E-state index in [1.54, 1.807) is 12.1 Å². The number of nitrogens with one attached hydrogen (secondary N) is 3. The molecule has 2 aromatic carbocycles. The summed E-state index contributed by atoms with van der Waals surface area (Å²) in [5, 5.41) is 4.14. The summed E-state index contributed by atoms with van der Waals surface area (Å²) >= 11 is 6.97. The van der Waals surface area contributed by atoms with Crippen molar-refractivity contribution in [3.8, 4) is 0 Å². The van der Waals surface area contributed by atoms with Crippen LogP contribution < -0.4 is 10.2 Å². The molecule has 0 radical (unpaired) electrons. The number of hydrogen-bond donors (Lipinski definition) is 3. The van der Waals surface area contributed by atoms with Crippen LogP contribution in [0.25, 0.3) is 21.3 Å². The molecule has 3 N–H and O–H groups in total. The van der Waals surface area contributed by atoms with Gasteiger partial charge in [-0.25, -0.2) is 18.4 Å². The van der Waals surface area contributed by atoms with Crippen molar-refractivity contribution >= 4 is 65.5 Å². The Balaban J connectivity index is 1.56. The molecule has 8 nitrogen and oxygen atoms in total. The summed E-state index contributed by atoms with van der Waals surface area (Å²) in [5.74, 6) is 0.441. The minimum absolute atomic E-state index is 0.00248. The van der Waals surface area contributed by atoms with E-state index in [0.717, 1.165) is 21.6 Å². The molecule has 0 aliphatic carbocycles. The van der Waals surface area contributed by atoms with Crippen molar-refractivity contribution in [2.45, 2.75) is 9.92 Å². The number of anilines is 2. The minimum atomic E-state index is -3.78. The van der Waals surface area contributed by atoms with Crippen LogP contribution in [0.1, 0.15) is 0 Å². The lowest BCUT2D eigenvalue weighted by Gasteiger charge is -2.06. The molecule has 0 saturated heterocycles. The average molecular weight is 458 g/mol. The first kappa shape index (κ1) is 18.8. The van der Waals surface area contributed by atoms with E-state index in [-0.39, 0.29) is 14.8 Å². The Hall–Kier alpha value is -3.21. The van der Waals surface area contributed by atoms with Gasteiger partial charge in [0.25, 0.3) is 0 Å². The van der Waals surface area contributed by atoms with Gasteiger partial charge in [0, 0.05) is 10.7 Å². The molecule has 3 aromatic heterocycles. The number of sulfone groups is 1.